The number of piperazine rings is 1. The molecule has 2 fully saturated rings. The third-order valence-electron chi connectivity index (χ3n) is 8.27. The molecule has 2 aromatic carbocycles. The van der Waals surface area contributed by atoms with Crippen LogP contribution in [0.5, 0.6) is 11.5 Å². The SMILES string of the molecule is COc1ccc(N2CCN(c3c(C)c(C)c4c(c3C)C(=C3CCCCC3)C(C)(C)O4)CC2)cc1.Cl. The van der Waals surface area contributed by atoms with E-state index in [0.717, 1.165) is 37.7 Å². The van der Waals surface area contributed by atoms with Crippen LogP contribution >= 0.6 is 12.4 Å². The van der Waals surface area contributed by atoms with Crippen LogP contribution < -0.4 is 19.3 Å². The van der Waals surface area contributed by atoms with Gasteiger partial charge < -0.3 is 19.3 Å². The van der Waals surface area contributed by atoms with Crippen molar-refractivity contribution >= 4 is 29.4 Å². The molecule has 3 aliphatic rings. The Bertz CT molecular complexity index is 1100. The summed E-state index contributed by atoms with van der Waals surface area (Å²) in [5.41, 5.74) is 11.1. The number of hydrogen-bond donors (Lipinski definition) is 0. The standard InChI is InChI=1S/C30H40N2O2.ClH/c1-20-21(2)29-26(27(30(4,5)34-29)23-10-8-7-9-11-23)22(3)28(20)32-18-16-31(17-19-32)24-12-14-25(33-6)15-13-24;/h12-15H,7-11,16-19H2,1-6H3;1H. The highest BCUT2D eigenvalue weighted by atomic mass is 35.5. The molecule has 0 radical (unpaired) electrons. The number of allylic oxidation sites excluding steroid dienone is 1. The van der Waals surface area contributed by atoms with Gasteiger partial charge in [-0.05, 0) is 101 Å². The van der Waals surface area contributed by atoms with Gasteiger partial charge >= 0.3 is 0 Å². The van der Waals surface area contributed by atoms with Gasteiger partial charge in [0.25, 0.3) is 0 Å². The lowest BCUT2D eigenvalue weighted by Crippen LogP contribution is -2.47. The Hall–Kier alpha value is -2.33. The van der Waals surface area contributed by atoms with Gasteiger partial charge in [0.05, 0.1) is 7.11 Å². The van der Waals surface area contributed by atoms with E-state index >= 15 is 0 Å². The second kappa shape index (κ2) is 9.97. The molecule has 0 aromatic heterocycles. The van der Waals surface area contributed by atoms with Crippen molar-refractivity contribution < 1.29 is 9.47 Å². The van der Waals surface area contributed by atoms with Gasteiger partial charge in [0.2, 0.25) is 0 Å². The number of ether oxygens (including phenoxy) is 2. The maximum absolute atomic E-state index is 6.69. The zero-order valence-electron chi connectivity index (χ0n) is 22.3. The Morgan fingerprint density at radius 1 is 0.800 bits per heavy atom. The number of anilines is 2. The first-order chi connectivity index (χ1) is 16.3. The van der Waals surface area contributed by atoms with Crippen molar-refractivity contribution in [2.45, 2.75) is 72.3 Å². The number of methoxy groups -OCH3 is 1. The molecule has 2 aliphatic heterocycles. The van der Waals surface area contributed by atoms with E-state index in [9.17, 15) is 0 Å². The van der Waals surface area contributed by atoms with Gasteiger partial charge in [-0.15, -0.1) is 12.4 Å². The Morgan fingerprint density at radius 3 is 2.00 bits per heavy atom. The number of benzene rings is 2. The zero-order valence-corrected chi connectivity index (χ0v) is 23.1. The summed E-state index contributed by atoms with van der Waals surface area (Å²) in [6.45, 7) is 15.5. The molecule has 2 aromatic rings. The molecule has 4 nitrogen and oxygen atoms in total. The van der Waals surface area contributed by atoms with Crippen molar-refractivity contribution in [2.75, 3.05) is 43.1 Å². The lowest BCUT2D eigenvalue weighted by molar-refractivity contribution is 0.187. The number of hydrogen-bond acceptors (Lipinski definition) is 4. The largest absolute Gasteiger partial charge is 0.497 e. The number of nitrogens with zero attached hydrogens (tertiary/aromatic N) is 2. The molecular formula is C30H41ClN2O2. The molecule has 0 spiro atoms. The molecule has 190 valence electrons. The number of halogens is 1. The van der Waals surface area contributed by atoms with Gasteiger partial charge in [-0.1, -0.05) is 12.0 Å². The first-order valence-corrected chi connectivity index (χ1v) is 13.0. The zero-order chi connectivity index (χ0) is 24.0. The fourth-order valence-electron chi connectivity index (χ4n) is 6.43. The van der Waals surface area contributed by atoms with Crippen LogP contribution in [-0.4, -0.2) is 38.9 Å². The summed E-state index contributed by atoms with van der Waals surface area (Å²) in [6, 6.07) is 8.46. The van der Waals surface area contributed by atoms with E-state index in [1.54, 1.807) is 12.7 Å². The molecule has 0 unspecified atom stereocenters. The third-order valence-corrected chi connectivity index (χ3v) is 8.27. The molecule has 2 heterocycles. The van der Waals surface area contributed by atoms with E-state index in [4.69, 9.17) is 9.47 Å². The van der Waals surface area contributed by atoms with Crippen LogP contribution in [0.2, 0.25) is 0 Å². The van der Waals surface area contributed by atoms with Crippen molar-refractivity contribution in [2.24, 2.45) is 0 Å². The van der Waals surface area contributed by atoms with Gasteiger partial charge in [-0.3, -0.25) is 0 Å². The van der Waals surface area contributed by atoms with Gasteiger partial charge in [0.15, 0.2) is 0 Å². The normalized spacial score (nSPS) is 19.3. The second-order valence-electron chi connectivity index (χ2n) is 10.8. The Kier molecular flexibility index (Phi) is 7.33. The molecule has 5 rings (SSSR count). The summed E-state index contributed by atoms with van der Waals surface area (Å²) >= 11 is 0. The average molecular weight is 497 g/mol. The molecule has 0 atom stereocenters. The fraction of sp³-hybridized carbons (Fsp3) is 0.533. The number of fused-ring (bicyclic) bond motifs is 1. The Balaban J connectivity index is 0.00000289. The molecule has 0 N–H and O–H groups in total. The van der Waals surface area contributed by atoms with Crippen molar-refractivity contribution in [3.8, 4) is 11.5 Å². The van der Waals surface area contributed by atoms with Crippen molar-refractivity contribution in [1.29, 1.82) is 0 Å². The van der Waals surface area contributed by atoms with Crippen LogP contribution in [0.4, 0.5) is 11.4 Å². The lowest BCUT2D eigenvalue weighted by Gasteiger charge is -2.39. The maximum atomic E-state index is 6.69. The predicted molar refractivity (Wildman–Crippen MR) is 150 cm³/mol. The van der Waals surface area contributed by atoms with Gasteiger partial charge in [0, 0.05) is 48.7 Å². The molecular weight excluding hydrogens is 456 g/mol. The number of rotatable bonds is 3. The van der Waals surface area contributed by atoms with Crippen LogP contribution in [0.1, 0.15) is 68.2 Å². The van der Waals surface area contributed by atoms with Crippen LogP contribution in [0.25, 0.3) is 5.57 Å². The Labute approximate surface area is 217 Å². The quantitative estimate of drug-likeness (QED) is 0.446. The fourth-order valence-corrected chi connectivity index (χ4v) is 6.43. The highest BCUT2D eigenvalue weighted by molar-refractivity contribution is 5.89. The highest BCUT2D eigenvalue weighted by Gasteiger charge is 2.41. The molecule has 35 heavy (non-hydrogen) atoms. The molecule has 0 bridgehead atoms. The summed E-state index contributed by atoms with van der Waals surface area (Å²) < 4.78 is 12.0. The maximum Gasteiger partial charge on any atom is 0.131 e. The van der Waals surface area contributed by atoms with E-state index < -0.39 is 0 Å². The Morgan fingerprint density at radius 2 is 1.40 bits per heavy atom. The lowest BCUT2D eigenvalue weighted by atomic mass is 9.80. The first kappa shape index (κ1) is 25.8. The summed E-state index contributed by atoms with van der Waals surface area (Å²) in [6.07, 6.45) is 6.44. The van der Waals surface area contributed by atoms with Crippen LogP contribution in [0, 0.1) is 20.8 Å². The molecule has 5 heteroatoms. The third kappa shape index (κ3) is 4.50. The minimum Gasteiger partial charge on any atom is -0.497 e. The van der Waals surface area contributed by atoms with Crippen LogP contribution in [0.3, 0.4) is 0 Å². The summed E-state index contributed by atoms with van der Waals surface area (Å²) in [4.78, 5) is 5.11. The van der Waals surface area contributed by atoms with Gasteiger partial charge in [0.1, 0.15) is 17.1 Å². The monoisotopic (exact) mass is 496 g/mol. The molecule has 1 saturated heterocycles. The topological polar surface area (TPSA) is 24.9 Å². The smallest absolute Gasteiger partial charge is 0.131 e. The first-order valence-electron chi connectivity index (χ1n) is 13.0. The van der Waals surface area contributed by atoms with E-state index in [2.05, 4.69) is 68.7 Å². The molecule has 1 saturated carbocycles. The van der Waals surface area contributed by atoms with Crippen molar-refractivity contribution in [3.63, 3.8) is 0 Å². The highest BCUT2D eigenvalue weighted by Crippen LogP contribution is 2.53. The van der Waals surface area contributed by atoms with E-state index in [0.29, 0.717) is 0 Å². The van der Waals surface area contributed by atoms with E-state index in [1.807, 2.05) is 0 Å². The van der Waals surface area contributed by atoms with Crippen molar-refractivity contribution in [3.05, 3.63) is 52.1 Å². The predicted octanol–water partition coefficient (Wildman–Crippen LogP) is 7.26. The van der Waals surface area contributed by atoms with Gasteiger partial charge in [-0.2, -0.15) is 0 Å². The van der Waals surface area contributed by atoms with Gasteiger partial charge in [-0.25, -0.2) is 0 Å². The minimum absolute atomic E-state index is 0. The second-order valence-corrected chi connectivity index (χ2v) is 10.8. The summed E-state index contributed by atoms with van der Waals surface area (Å²) in [7, 11) is 1.72. The average Bonchev–Trinajstić information content (AvgIpc) is 3.15. The molecule has 0 amide bonds. The summed E-state index contributed by atoms with van der Waals surface area (Å²) in [5, 5.41) is 0. The van der Waals surface area contributed by atoms with E-state index in [-0.39, 0.29) is 18.0 Å². The van der Waals surface area contributed by atoms with Crippen LogP contribution in [0.15, 0.2) is 29.8 Å². The minimum atomic E-state index is -0.247. The van der Waals surface area contributed by atoms with Crippen LogP contribution in [-0.2, 0) is 0 Å². The summed E-state index contributed by atoms with van der Waals surface area (Å²) in [5.74, 6) is 2.05. The van der Waals surface area contributed by atoms with Crippen molar-refractivity contribution in [1.82, 2.24) is 0 Å². The molecule has 1 aliphatic carbocycles. The van der Waals surface area contributed by atoms with E-state index in [1.165, 1.54) is 71.3 Å².